The monoisotopic (exact) mass is 362 g/mol. The lowest BCUT2D eigenvalue weighted by molar-refractivity contribution is -0.123. The second kappa shape index (κ2) is 8.13. The van der Waals surface area contributed by atoms with Crippen LogP contribution in [0, 0.1) is 0 Å². The minimum atomic E-state index is -3.72. The number of carbonyl (C=O) groups excluding carboxylic acids is 1. The summed E-state index contributed by atoms with van der Waals surface area (Å²) in [5.74, 6) is 0.444. The number of rotatable bonds is 7. The van der Waals surface area contributed by atoms with E-state index < -0.39 is 10.0 Å². The summed E-state index contributed by atoms with van der Waals surface area (Å²) < 4.78 is 28.1. The summed E-state index contributed by atoms with van der Waals surface area (Å²) in [5, 5.41) is 7.89. The van der Waals surface area contributed by atoms with Crippen LogP contribution in [0.1, 0.15) is 31.0 Å². The Kier molecular flexibility index (Phi) is 6.17. The number of aryl methyl sites for hydroxylation is 1. The molecule has 0 aromatic heterocycles. The number of nitrogens with one attached hydrogen (secondary N) is 1. The number of ether oxygens (including phenoxy) is 1. The van der Waals surface area contributed by atoms with Crippen LogP contribution in [-0.2, 0) is 21.2 Å². The maximum Gasteiger partial charge on any atom is 0.258 e. The molecule has 0 radical (unpaired) electrons. The zero-order valence-electron chi connectivity index (χ0n) is 14.2. The molecule has 25 heavy (non-hydrogen) atoms. The van der Waals surface area contributed by atoms with E-state index in [2.05, 4.69) is 5.32 Å². The predicted molar refractivity (Wildman–Crippen MR) is 95.7 cm³/mol. The molecule has 2 rings (SSSR count). The van der Waals surface area contributed by atoms with Crippen molar-refractivity contribution in [1.29, 1.82) is 0 Å². The topological polar surface area (TPSA) is 98.5 Å². The maximum atomic E-state index is 12.1. The van der Waals surface area contributed by atoms with Gasteiger partial charge < -0.3 is 10.1 Å². The van der Waals surface area contributed by atoms with Gasteiger partial charge in [0.2, 0.25) is 10.0 Å². The van der Waals surface area contributed by atoms with Gasteiger partial charge in [0, 0.05) is 0 Å². The molecule has 0 aliphatic heterocycles. The Labute approximate surface area is 148 Å². The Morgan fingerprint density at radius 1 is 1.16 bits per heavy atom. The van der Waals surface area contributed by atoms with Gasteiger partial charge in [0.05, 0.1) is 10.9 Å². The van der Waals surface area contributed by atoms with E-state index in [1.54, 1.807) is 12.1 Å². The van der Waals surface area contributed by atoms with Gasteiger partial charge in [0.15, 0.2) is 6.61 Å². The van der Waals surface area contributed by atoms with Crippen LogP contribution in [0.5, 0.6) is 5.75 Å². The molecular weight excluding hydrogens is 340 g/mol. The average molecular weight is 362 g/mol. The van der Waals surface area contributed by atoms with E-state index in [0.717, 1.165) is 17.5 Å². The van der Waals surface area contributed by atoms with Crippen LogP contribution in [0.15, 0.2) is 53.4 Å². The van der Waals surface area contributed by atoms with Gasteiger partial charge in [-0.1, -0.05) is 37.3 Å². The molecule has 0 bridgehead atoms. The molecule has 134 valence electrons. The number of sulfonamides is 1. The molecule has 0 saturated heterocycles. The van der Waals surface area contributed by atoms with Crippen LogP contribution < -0.4 is 15.2 Å². The highest BCUT2D eigenvalue weighted by molar-refractivity contribution is 7.89. The summed E-state index contributed by atoms with van der Waals surface area (Å²) in [7, 11) is -3.72. The van der Waals surface area contributed by atoms with Gasteiger partial charge in [0.25, 0.3) is 5.91 Å². The third kappa shape index (κ3) is 5.30. The zero-order chi connectivity index (χ0) is 18.4. The smallest absolute Gasteiger partial charge is 0.258 e. The third-order valence-electron chi connectivity index (χ3n) is 3.80. The maximum absolute atomic E-state index is 12.1. The molecule has 0 heterocycles. The first-order chi connectivity index (χ1) is 11.8. The van der Waals surface area contributed by atoms with E-state index in [-0.39, 0.29) is 23.5 Å². The van der Waals surface area contributed by atoms with Crippen LogP contribution in [0.2, 0.25) is 0 Å². The number of carbonyl (C=O) groups is 1. The fourth-order valence-corrected chi connectivity index (χ4v) is 2.91. The van der Waals surface area contributed by atoms with Gasteiger partial charge in [-0.3, -0.25) is 4.79 Å². The van der Waals surface area contributed by atoms with E-state index in [4.69, 9.17) is 9.88 Å². The first-order valence-corrected chi connectivity index (χ1v) is 9.48. The van der Waals surface area contributed by atoms with Crippen molar-refractivity contribution < 1.29 is 17.9 Å². The number of nitrogens with two attached hydrogens (primary N) is 1. The van der Waals surface area contributed by atoms with E-state index in [0.29, 0.717) is 5.75 Å². The van der Waals surface area contributed by atoms with Crippen LogP contribution in [0.25, 0.3) is 0 Å². The van der Waals surface area contributed by atoms with Gasteiger partial charge in [-0.05, 0) is 42.7 Å². The second-order valence-electron chi connectivity index (χ2n) is 5.65. The molecule has 0 fully saturated rings. The highest BCUT2D eigenvalue weighted by atomic mass is 32.2. The van der Waals surface area contributed by atoms with Crippen LogP contribution in [0.4, 0.5) is 0 Å². The first kappa shape index (κ1) is 19.0. The molecule has 1 unspecified atom stereocenters. The average Bonchev–Trinajstić information content (AvgIpc) is 2.59. The van der Waals surface area contributed by atoms with Gasteiger partial charge >= 0.3 is 0 Å². The van der Waals surface area contributed by atoms with Crippen molar-refractivity contribution in [1.82, 2.24) is 5.32 Å². The van der Waals surface area contributed by atoms with Crippen molar-refractivity contribution >= 4 is 15.9 Å². The molecule has 2 aromatic rings. The molecule has 0 saturated carbocycles. The number of hydrogen-bond acceptors (Lipinski definition) is 4. The Bertz CT molecular complexity index is 832. The summed E-state index contributed by atoms with van der Waals surface area (Å²) in [6.07, 6.45) is 0.824. The van der Waals surface area contributed by atoms with E-state index in [9.17, 15) is 13.2 Å². The van der Waals surface area contributed by atoms with Crippen molar-refractivity contribution in [2.24, 2.45) is 5.14 Å². The standard InChI is InChI=1S/C18H22N2O4S/c1-3-14-6-4-5-7-17(14)24-12-18(21)20-13(2)15-8-10-16(11-9-15)25(19,22)23/h4-11,13H,3,12H2,1-2H3,(H,20,21)(H2,19,22,23). The van der Waals surface area contributed by atoms with Crippen molar-refractivity contribution in [2.45, 2.75) is 31.2 Å². The Morgan fingerprint density at radius 3 is 2.40 bits per heavy atom. The number of para-hydroxylation sites is 1. The highest BCUT2D eigenvalue weighted by Gasteiger charge is 2.13. The van der Waals surface area contributed by atoms with E-state index in [1.807, 2.05) is 38.1 Å². The molecule has 7 heteroatoms. The lowest BCUT2D eigenvalue weighted by Crippen LogP contribution is -2.31. The van der Waals surface area contributed by atoms with Gasteiger partial charge in [-0.2, -0.15) is 0 Å². The van der Waals surface area contributed by atoms with Gasteiger partial charge in [0.1, 0.15) is 5.75 Å². The van der Waals surface area contributed by atoms with Crippen molar-refractivity contribution in [3.8, 4) is 5.75 Å². The van der Waals surface area contributed by atoms with Crippen LogP contribution >= 0.6 is 0 Å². The van der Waals surface area contributed by atoms with E-state index >= 15 is 0 Å². The van der Waals surface area contributed by atoms with Crippen molar-refractivity contribution in [3.63, 3.8) is 0 Å². The molecule has 0 aliphatic rings. The quantitative estimate of drug-likeness (QED) is 0.788. The highest BCUT2D eigenvalue weighted by Crippen LogP contribution is 2.18. The zero-order valence-corrected chi connectivity index (χ0v) is 15.0. The molecule has 0 aliphatic carbocycles. The fourth-order valence-electron chi connectivity index (χ4n) is 2.39. The molecule has 2 aromatic carbocycles. The molecule has 1 atom stereocenters. The third-order valence-corrected chi connectivity index (χ3v) is 4.73. The lowest BCUT2D eigenvalue weighted by Gasteiger charge is -2.16. The fraction of sp³-hybridized carbons (Fsp3) is 0.278. The van der Waals surface area contributed by atoms with Crippen molar-refractivity contribution in [2.75, 3.05) is 6.61 Å². The summed E-state index contributed by atoms with van der Waals surface area (Å²) in [6.45, 7) is 3.75. The van der Waals surface area contributed by atoms with Crippen LogP contribution in [-0.4, -0.2) is 20.9 Å². The summed E-state index contributed by atoms with van der Waals surface area (Å²) in [4.78, 5) is 12.1. The number of benzene rings is 2. The Balaban J connectivity index is 1.93. The lowest BCUT2D eigenvalue weighted by atomic mass is 10.1. The normalized spacial score (nSPS) is 12.4. The summed E-state index contributed by atoms with van der Waals surface area (Å²) >= 11 is 0. The summed E-state index contributed by atoms with van der Waals surface area (Å²) in [6, 6.07) is 13.4. The molecular formula is C18H22N2O4S. The Morgan fingerprint density at radius 2 is 1.80 bits per heavy atom. The minimum absolute atomic E-state index is 0.0364. The van der Waals surface area contributed by atoms with Gasteiger partial charge in [-0.25, -0.2) is 13.6 Å². The van der Waals surface area contributed by atoms with Crippen LogP contribution in [0.3, 0.4) is 0 Å². The number of amides is 1. The molecule has 6 nitrogen and oxygen atoms in total. The van der Waals surface area contributed by atoms with Gasteiger partial charge in [-0.15, -0.1) is 0 Å². The molecule has 3 N–H and O–H groups in total. The van der Waals surface area contributed by atoms with E-state index in [1.165, 1.54) is 12.1 Å². The number of hydrogen-bond donors (Lipinski definition) is 2. The minimum Gasteiger partial charge on any atom is -0.483 e. The molecule has 1 amide bonds. The first-order valence-electron chi connectivity index (χ1n) is 7.94. The van der Waals surface area contributed by atoms with Crippen molar-refractivity contribution in [3.05, 3.63) is 59.7 Å². The second-order valence-corrected chi connectivity index (χ2v) is 7.21. The Hall–Kier alpha value is -2.38. The summed E-state index contributed by atoms with van der Waals surface area (Å²) in [5.41, 5.74) is 1.82. The molecule has 0 spiro atoms. The predicted octanol–water partition coefficient (Wildman–Crippen LogP) is 2.15. The SMILES string of the molecule is CCc1ccccc1OCC(=O)NC(C)c1ccc(S(N)(=O)=O)cc1. The number of primary sulfonamides is 1. The largest absolute Gasteiger partial charge is 0.483 e.